The number of pyridine rings is 1. The summed E-state index contributed by atoms with van der Waals surface area (Å²) < 4.78 is 0. The van der Waals surface area contributed by atoms with Gasteiger partial charge in [-0.1, -0.05) is 0 Å². The Morgan fingerprint density at radius 3 is 3.15 bits per heavy atom. The SMILES string of the molecule is c1cnc2nc(CC3CC3)[nH]c2c1. The maximum atomic E-state index is 4.43. The summed E-state index contributed by atoms with van der Waals surface area (Å²) >= 11 is 0. The van der Waals surface area contributed by atoms with E-state index in [0.29, 0.717) is 0 Å². The van der Waals surface area contributed by atoms with Gasteiger partial charge in [0.25, 0.3) is 0 Å². The van der Waals surface area contributed by atoms with Crippen molar-refractivity contribution in [3.8, 4) is 0 Å². The van der Waals surface area contributed by atoms with E-state index < -0.39 is 0 Å². The Hall–Kier alpha value is -1.38. The molecule has 2 heterocycles. The molecule has 3 nitrogen and oxygen atoms in total. The van der Waals surface area contributed by atoms with Crippen molar-refractivity contribution in [3.63, 3.8) is 0 Å². The second kappa shape index (κ2) is 2.55. The molecule has 0 radical (unpaired) electrons. The molecule has 66 valence electrons. The highest BCUT2D eigenvalue weighted by Crippen LogP contribution is 2.31. The lowest BCUT2D eigenvalue weighted by Crippen LogP contribution is -1.88. The molecule has 1 aliphatic carbocycles. The smallest absolute Gasteiger partial charge is 0.177 e. The van der Waals surface area contributed by atoms with Crippen LogP contribution in [-0.4, -0.2) is 15.0 Å². The summed E-state index contributed by atoms with van der Waals surface area (Å²) in [4.78, 5) is 11.9. The first-order valence-electron chi connectivity index (χ1n) is 4.71. The van der Waals surface area contributed by atoms with E-state index in [1.54, 1.807) is 6.20 Å². The lowest BCUT2D eigenvalue weighted by atomic mass is 10.3. The second-order valence-electron chi connectivity index (χ2n) is 3.71. The Labute approximate surface area is 76.2 Å². The highest BCUT2D eigenvalue weighted by molar-refractivity contribution is 5.69. The van der Waals surface area contributed by atoms with E-state index in [2.05, 4.69) is 15.0 Å². The van der Waals surface area contributed by atoms with Gasteiger partial charge in [0.1, 0.15) is 5.82 Å². The molecule has 1 saturated carbocycles. The maximum absolute atomic E-state index is 4.43. The molecule has 3 rings (SSSR count). The molecule has 0 unspecified atom stereocenters. The Morgan fingerprint density at radius 2 is 2.38 bits per heavy atom. The summed E-state index contributed by atoms with van der Waals surface area (Å²) in [6, 6.07) is 3.95. The van der Waals surface area contributed by atoms with Gasteiger partial charge in [-0.15, -0.1) is 0 Å². The number of nitrogens with one attached hydrogen (secondary N) is 1. The van der Waals surface area contributed by atoms with Gasteiger partial charge < -0.3 is 4.98 Å². The average molecular weight is 173 g/mol. The first-order chi connectivity index (χ1) is 6.42. The van der Waals surface area contributed by atoms with Crippen LogP contribution in [0.4, 0.5) is 0 Å². The first kappa shape index (κ1) is 7.06. The standard InChI is InChI=1S/C10H11N3/c1-2-8-10(11-5-1)13-9(12-8)6-7-3-4-7/h1-2,5,7H,3-4,6H2,(H,11,12,13). The highest BCUT2D eigenvalue weighted by atomic mass is 15.0. The van der Waals surface area contributed by atoms with Gasteiger partial charge >= 0.3 is 0 Å². The zero-order valence-electron chi connectivity index (χ0n) is 7.33. The third-order valence-electron chi connectivity index (χ3n) is 2.49. The van der Waals surface area contributed by atoms with Crippen LogP contribution in [0.15, 0.2) is 18.3 Å². The topological polar surface area (TPSA) is 41.6 Å². The summed E-state index contributed by atoms with van der Waals surface area (Å²) in [5.74, 6) is 1.97. The third kappa shape index (κ3) is 1.30. The van der Waals surface area contributed by atoms with Crippen LogP contribution in [0.25, 0.3) is 11.2 Å². The zero-order valence-corrected chi connectivity index (χ0v) is 7.33. The van der Waals surface area contributed by atoms with E-state index in [1.807, 2.05) is 12.1 Å². The summed E-state index contributed by atoms with van der Waals surface area (Å²) in [5, 5.41) is 0. The minimum Gasteiger partial charge on any atom is -0.341 e. The van der Waals surface area contributed by atoms with Crippen molar-refractivity contribution in [2.24, 2.45) is 5.92 Å². The number of hydrogen-bond donors (Lipinski definition) is 1. The van der Waals surface area contributed by atoms with E-state index in [-0.39, 0.29) is 0 Å². The van der Waals surface area contributed by atoms with Crippen molar-refractivity contribution in [2.45, 2.75) is 19.3 Å². The Morgan fingerprint density at radius 1 is 1.46 bits per heavy atom. The molecule has 0 aromatic carbocycles. The number of nitrogens with zero attached hydrogens (tertiary/aromatic N) is 2. The number of hydrogen-bond acceptors (Lipinski definition) is 2. The summed E-state index contributed by atoms with van der Waals surface area (Å²) in [7, 11) is 0. The Kier molecular flexibility index (Phi) is 1.39. The Bertz CT molecular complexity index is 395. The van der Waals surface area contributed by atoms with Crippen molar-refractivity contribution >= 4 is 11.2 Å². The number of rotatable bonds is 2. The Balaban J connectivity index is 2.00. The fourth-order valence-electron chi connectivity index (χ4n) is 1.59. The lowest BCUT2D eigenvalue weighted by molar-refractivity contribution is 0.787. The molecule has 1 aliphatic rings. The third-order valence-corrected chi connectivity index (χ3v) is 2.49. The van der Waals surface area contributed by atoms with Crippen LogP contribution in [0, 0.1) is 5.92 Å². The molecule has 1 N–H and O–H groups in total. The van der Waals surface area contributed by atoms with E-state index >= 15 is 0 Å². The van der Waals surface area contributed by atoms with Crippen LogP contribution in [0.3, 0.4) is 0 Å². The van der Waals surface area contributed by atoms with Gasteiger partial charge in [-0.3, -0.25) is 0 Å². The molecule has 0 saturated heterocycles. The highest BCUT2D eigenvalue weighted by Gasteiger charge is 2.22. The van der Waals surface area contributed by atoms with Gasteiger partial charge in [0.05, 0.1) is 5.52 Å². The van der Waals surface area contributed by atoms with Crippen molar-refractivity contribution in [1.82, 2.24) is 15.0 Å². The molecule has 0 spiro atoms. The van der Waals surface area contributed by atoms with Crippen LogP contribution in [0.1, 0.15) is 18.7 Å². The fourth-order valence-corrected chi connectivity index (χ4v) is 1.59. The minimum atomic E-state index is 0.846. The van der Waals surface area contributed by atoms with Crippen LogP contribution < -0.4 is 0 Å². The maximum Gasteiger partial charge on any atom is 0.177 e. The summed E-state index contributed by atoms with van der Waals surface area (Å²) in [5.41, 5.74) is 1.90. The molecule has 0 bridgehead atoms. The molecule has 13 heavy (non-hydrogen) atoms. The van der Waals surface area contributed by atoms with Gasteiger partial charge in [-0.25, -0.2) is 9.97 Å². The van der Waals surface area contributed by atoms with Crippen molar-refractivity contribution in [3.05, 3.63) is 24.2 Å². The molecular formula is C10H11N3. The predicted octanol–water partition coefficient (Wildman–Crippen LogP) is 1.91. The van der Waals surface area contributed by atoms with Crippen molar-refractivity contribution in [2.75, 3.05) is 0 Å². The number of aromatic amines is 1. The largest absolute Gasteiger partial charge is 0.341 e. The molecule has 1 fully saturated rings. The van der Waals surface area contributed by atoms with Crippen LogP contribution in [-0.2, 0) is 6.42 Å². The van der Waals surface area contributed by atoms with Crippen LogP contribution >= 0.6 is 0 Å². The van der Waals surface area contributed by atoms with Gasteiger partial charge in [0.15, 0.2) is 5.65 Å². The van der Waals surface area contributed by atoms with Crippen LogP contribution in [0.5, 0.6) is 0 Å². The zero-order chi connectivity index (χ0) is 8.67. The van der Waals surface area contributed by atoms with Crippen molar-refractivity contribution < 1.29 is 0 Å². The van der Waals surface area contributed by atoms with Crippen molar-refractivity contribution in [1.29, 1.82) is 0 Å². The fraction of sp³-hybridized carbons (Fsp3) is 0.400. The molecular weight excluding hydrogens is 162 g/mol. The first-order valence-corrected chi connectivity index (χ1v) is 4.71. The molecule has 0 amide bonds. The quantitative estimate of drug-likeness (QED) is 0.753. The van der Waals surface area contributed by atoms with Gasteiger partial charge in [-0.2, -0.15) is 0 Å². The molecule has 3 heteroatoms. The number of imidazole rings is 1. The van der Waals surface area contributed by atoms with E-state index in [1.165, 1.54) is 12.8 Å². The number of aromatic nitrogens is 3. The van der Waals surface area contributed by atoms with Gasteiger partial charge in [0, 0.05) is 12.6 Å². The number of fused-ring (bicyclic) bond motifs is 1. The minimum absolute atomic E-state index is 0.846. The van der Waals surface area contributed by atoms with Crippen LogP contribution in [0.2, 0.25) is 0 Å². The average Bonchev–Trinajstić information content (AvgIpc) is 2.85. The normalized spacial score (nSPS) is 16.6. The molecule has 0 atom stereocenters. The summed E-state index contributed by atoms with van der Waals surface area (Å²) in [6.45, 7) is 0. The van der Waals surface area contributed by atoms with E-state index in [4.69, 9.17) is 0 Å². The van der Waals surface area contributed by atoms with E-state index in [9.17, 15) is 0 Å². The summed E-state index contributed by atoms with van der Waals surface area (Å²) in [6.07, 6.45) is 5.61. The monoisotopic (exact) mass is 173 g/mol. The van der Waals surface area contributed by atoms with Gasteiger partial charge in [-0.05, 0) is 30.9 Å². The predicted molar refractivity (Wildman–Crippen MR) is 50.3 cm³/mol. The molecule has 2 aromatic rings. The molecule has 2 aromatic heterocycles. The van der Waals surface area contributed by atoms with E-state index in [0.717, 1.165) is 29.3 Å². The second-order valence-corrected chi connectivity index (χ2v) is 3.71. The molecule has 0 aliphatic heterocycles. The lowest BCUT2D eigenvalue weighted by Gasteiger charge is -1.88. The van der Waals surface area contributed by atoms with Gasteiger partial charge in [0.2, 0.25) is 0 Å². The number of H-pyrrole nitrogens is 1.